The number of fused-ring (bicyclic) bond motifs is 2. The molecule has 1 saturated heterocycles. The van der Waals surface area contributed by atoms with Gasteiger partial charge in [0.1, 0.15) is 5.82 Å². The minimum atomic E-state index is -3.01. The quantitative estimate of drug-likeness (QED) is 0.554. The predicted octanol–water partition coefficient (Wildman–Crippen LogP) is 4.01. The third kappa shape index (κ3) is 3.56. The molecule has 0 atom stereocenters. The molecule has 0 radical (unpaired) electrons. The highest BCUT2D eigenvalue weighted by Crippen LogP contribution is 2.46. The van der Waals surface area contributed by atoms with Crippen molar-refractivity contribution in [2.24, 2.45) is 0 Å². The first-order valence-electron chi connectivity index (χ1n) is 11.9. The number of nitrogen functional groups attached to an aromatic ring is 1. The normalized spacial score (nSPS) is 19.1. The molecule has 6 rings (SSSR count). The molecule has 2 aliphatic heterocycles. The largest absolute Gasteiger partial charge is 0.431 e. The summed E-state index contributed by atoms with van der Waals surface area (Å²) in [5.74, 6) is -0.622. The lowest BCUT2D eigenvalue weighted by molar-refractivity contribution is -0.0494. The molecule has 188 valence electrons. The second-order valence-electron chi connectivity index (χ2n) is 9.86. The molecule has 2 aromatic heterocycles. The molecule has 0 bridgehead atoms. The molecule has 36 heavy (non-hydrogen) atoms. The van der Waals surface area contributed by atoms with Gasteiger partial charge in [-0.3, -0.25) is 4.68 Å². The summed E-state index contributed by atoms with van der Waals surface area (Å²) < 4.78 is 46.2. The van der Waals surface area contributed by atoms with Crippen LogP contribution < -0.4 is 15.8 Å². The summed E-state index contributed by atoms with van der Waals surface area (Å²) in [6, 6.07) is 9.73. The molecule has 1 aromatic carbocycles. The van der Waals surface area contributed by atoms with Crippen LogP contribution >= 0.6 is 0 Å². The zero-order valence-corrected chi connectivity index (χ0v) is 19.4. The molecule has 0 unspecified atom stereocenters. The van der Waals surface area contributed by atoms with E-state index in [0.717, 1.165) is 18.5 Å². The van der Waals surface area contributed by atoms with Crippen LogP contribution in [-0.2, 0) is 17.5 Å². The average molecular weight is 499 g/mol. The van der Waals surface area contributed by atoms with Gasteiger partial charge in [0.15, 0.2) is 11.6 Å². The van der Waals surface area contributed by atoms with Crippen LogP contribution in [-0.4, -0.2) is 45.4 Å². The zero-order chi connectivity index (χ0) is 25.1. The van der Waals surface area contributed by atoms with Crippen molar-refractivity contribution in [3.05, 3.63) is 59.7 Å². The number of hydrogen-bond acceptors (Lipinski definition) is 5. The molecule has 3 aliphatic rings. The zero-order valence-electron chi connectivity index (χ0n) is 19.4. The van der Waals surface area contributed by atoms with Gasteiger partial charge in [-0.1, -0.05) is 18.2 Å². The Hall–Kier alpha value is -3.76. The first-order chi connectivity index (χ1) is 17.3. The summed E-state index contributed by atoms with van der Waals surface area (Å²) in [4.78, 5) is 18.8. The van der Waals surface area contributed by atoms with Crippen LogP contribution in [0.15, 0.2) is 42.6 Å². The van der Waals surface area contributed by atoms with Crippen molar-refractivity contribution >= 4 is 11.8 Å². The number of carbonyl (C=O) groups is 1. The maximum atomic E-state index is 14.5. The van der Waals surface area contributed by atoms with Crippen LogP contribution in [0.1, 0.15) is 36.9 Å². The van der Waals surface area contributed by atoms with Crippen LogP contribution in [0.5, 0.6) is 5.75 Å². The molecule has 11 heteroatoms. The molecule has 8 nitrogen and oxygen atoms in total. The van der Waals surface area contributed by atoms with E-state index in [1.165, 1.54) is 18.3 Å². The summed E-state index contributed by atoms with van der Waals surface area (Å²) in [5, 5.41) is 7.73. The second-order valence-corrected chi connectivity index (χ2v) is 9.86. The topological polar surface area (TPSA) is 98.3 Å². The number of urea groups is 1. The number of pyridine rings is 1. The van der Waals surface area contributed by atoms with Gasteiger partial charge in [0.25, 0.3) is 0 Å². The lowest BCUT2D eigenvalue weighted by Crippen LogP contribution is -2.65. The van der Waals surface area contributed by atoms with Gasteiger partial charge in [-0.25, -0.2) is 14.2 Å². The monoisotopic (exact) mass is 498 g/mol. The number of aryl methyl sites for hydroxylation is 1. The number of anilines is 1. The minimum absolute atomic E-state index is 0.123. The number of nitrogens with one attached hydrogen (secondary N) is 1. The first kappa shape index (κ1) is 22.7. The minimum Gasteiger partial charge on any atom is -0.431 e. The average Bonchev–Trinajstić information content (AvgIpc) is 3.36. The summed E-state index contributed by atoms with van der Waals surface area (Å²) >= 11 is 0. The molecule has 1 spiro atoms. The van der Waals surface area contributed by atoms with E-state index in [2.05, 4.69) is 20.1 Å². The van der Waals surface area contributed by atoms with Crippen LogP contribution in [0.3, 0.4) is 0 Å². The van der Waals surface area contributed by atoms with Gasteiger partial charge in [0, 0.05) is 48.1 Å². The van der Waals surface area contributed by atoms with Gasteiger partial charge in [0.05, 0.1) is 11.2 Å². The predicted molar refractivity (Wildman–Crippen MR) is 125 cm³/mol. The Kier molecular flexibility index (Phi) is 5.13. The van der Waals surface area contributed by atoms with Crippen molar-refractivity contribution in [3.8, 4) is 17.0 Å². The Morgan fingerprint density at radius 2 is 1.94 bits per heavy atom. The van der Waals surface area contributed by atoms with Gasteiger partial charge in [-0.15, -0.1) is 0 Å². The van der Waals surface area contributed by atoms with E-state index in [1.807, 2.05) is 10.7 Å². The van der Waals surface area contributed by atoms with E-state index in [0.29, 0.717) is 49.3 Å². The lowest BCUT2D eigenvalue weighted by atomic mass is 9.71. The number of amides is 2. The fraction of sp³-hybridized carbons (Fsp3) is 0.400. The third-order valence-corrected chi connectivity index (χ3v) is 7.74. The lowest BCUT2D eigenvalue weighted by Gasteiger charge is -2.50. The number of rotatable bonds is 5. The Morgan fingerprint density at radius 3 is 2.64 bits per heavy atom. The van der Waals surface area contributed by atoms with E-state index in [9.17, 15) is 18.0 Å². The fourth-order valence-corrected chi connectivity index (χ4v) is 5.66. The van der Waals surface area contributed by atoms with E-state index < -0.39 is 12.2 Å². The maximum absolute atomic E-state index is 14.5. The number of halogens is 3. The number of hydrogen-bond donors (Lipinski definition) is 2. The van der Waals surface area contributed by atoms with Gasteiger partial charge >= 0.3 is 12.6 Å². The molecule has 1 aliphatic carbocycles. The number of nitrogens with zero attached hydrogens (tertiary/aromatic N) is 4. The summed E-state index contributed by atoms with van der Waals surface area (Å²) in [5.41, 5.74) is 7.39. The maximum Gasteiger partial charge on any atom is 0.387 e. The van der Waals surface area contributed by atoms with Crippen LogP contribution in [0.2, 0.25) is 0 Å². The highest BCUT2D eigenvalue weighted by molar-refractivity contribution is 5.77. The van der Waals surface area contributed by atoms with Crippen molar-refractivity contribution in [1.82, 2.24) is 25.0 Å². The van der Waals surface area contributed by atoms with Crippen molar-refractivity contribution in [2.75, 3.05) is 18.8 Å². The Bertz CT molecular complexity index is 1330. The molecule has 1 saturated carbocycles. The van der Waals surface area contributed by atoms with Crippen molar-refractivity contribution in [1.29, 1.82) is 0 Å². The SMILES string of the molecule is Nc1ncc(-c2cc3n(n2)CCC32CN(C(=O)NC3(c4ccccc4F)CCC3)C2)cc1OC(F)F. The number of likely N-dealkylation sites (tertiary alicyclic amines) is 1. The number of alkyl halides is 2. The summed E-state index contributed by atoms with van der Waals surface area (Å²) in [6.07, 6.45) is 4.67. The standard InChI is InChI=1S/C25H25F3N6O2/c26-17-5-2-1-4-16(17)25(6-3-7-25)31-23(35)33-13-24(14-33)8-9-34-20(24)11-18(32-34)15-10-19(36-22(27)28)21(29)30-12-15/h1-2,4-5,10-12,22H,3,6-9,13-14H2,(H2,29,30)(H,31,35). The van der Waals surface area contributed by atoms with Crippen molar-refractivity contribution in [2.45, 2.75) is 49.8 Å². The van der Waals surface area contributed by atoms with Crippen molar-refractivity contribution < 1.29 is 22.7 Å². The smallest absolute Gasteiger partial charge is 0.387 e. The van der Waals surface area contributed by atoms with E-state index in [1.54, 1.807) is 23.1 Å². The van der Waals surface area contributed by atoms with E-state index >= 15 is 0 Å². The first-order valence-corrected chi connectivity index (χ1v) is 11.9. The van der Waals surface area contributed by atoms with Crippen LogP contribution in [0, 0.1) is 5.82 Å². The highest BCUT2D eigenvalue weighted by Gasteiger charge is 2.53. The van der Waals surface area contributed by atoms with Gasteiger partial charge in [-0.05, 0) is 43.9 Å². The Balaban J connectivity index is 1.18. The van der Waals surface area contributed by atoms with Crippen LogP contribution in [0.4, 0.5) is 23.8 Å². The molecule has 2 fully saturated rings. The Labute approximate surface area is 205 Å². The molecule has 3 N–H and O–H groups in total. The molecular weight excluding hydrogens is 473 g/mol. The van der Waals surface area contributed by atoms with E-state index in [-0.39, 0.29) is 28.8 Å². The number of benzene rings is 1. The molecule has 3 aromatic rings. The third-order valence-electron chi connectivity index (χ3n) is 7.74. The summed E-state index contributed by atoms with van der Waals surface area (Å²) in [6.45, 7) is -1.27. The number of aromatic nitrogens is 3. The Morgan fingerprint density at radius 1 is 1.17 bits per heavy atom. The van der Waals surface area contributed by atoms with Crippen LogP contribution in [0.25, 0.3) is 11.3 Å². The highest BCUT2D eigenvalue weighted by atomic mass is 19.3. The number of nitrogens with two attached hydrogens (primary N) is 1. The summed E-state index contributed by atoms with van der Waals surface area (Å²) in [7, 11) is 0. The second kappa shape index (κ2) is 8.14. The van der Waals surface area contributed by atoms with Gasteiger partial charge in [0.2, 0.25) is 0 Å². The van der Waals surface area contributed by atoms with Crippen molar-refractivity contribution in [3.63, 3.8) is 0 Å². The fourth-order valence-electron chi connectivity index (χ4n) is 5.66. The number of carbonyl (C=O) groups excluding carboxylic acids is 1. The van der Waals surface area contributed by atoms with E-state index in [4.69, 9.17) is 5.73 Å². The number of ether oxygens (including phenoxy) is 1. The van der Waals surface area contributed by atoms with Gasteiger partial charge < -0.3 is 20.7 Å². The molecular formula is C25H25F3N6O2. The molecule has 4 heterocycles. The van der Waals surface area contributed by atoms with Gasteiger partial charge in [-0.2, -0.15) is 13.9 Å². The molecule has 2 amide bonds.